The molecule has 1 aromatic rings. The number of carbonyl (C=O) groups is 1. The number of aliphatic hydroxyl groups is 3. The van der Waals surface area contributed by atoms with Crippen LogP contribution in [0.3, 0.4) is 0 Å². The molecule has 0 aromatic heterocycles. The third-order valence-electron chi connectivity index (χ3n) is 4.95. The van der Waals surface area contributed by atoms with E-state index >= 15 is 0 Å². The van der Waals surface area contributed by atoms with Gasteiger partial charge >= 0.3 is 0 Å². The van der Waals surface area contributed by atoms with Gasteiger partial charge < -0.3 is 20.1 Å². The Hall–Kier alpha value is -1.69. The Bertz CT molecular complexity index is 659. The second-order valence-electron chi connectivity index (χ2n) is 7.11. The fourth-order valence-electron chi connectivity index (χ4n) is 3.54. The summed E-state index contributed by atoms with van der Waals surface area (Å²) < 4.78 is 5.89. The first kappa shape index (κ1) is 16.2. The number of hydrogen-bond acceptors (Lipinski definition) is 5. The smallest absolute Gasteiger partial charge is 0.173 e. The lowest BCUT2D eigenvalue weighted by atomic mass is 9.65. The van der Waals surface area contributed by atoms with E-state index in [0.29, 0.717) is 0 Å². The first-order valence-corrected chi connectivity index (χ1v) is 7.77. The van der Waals surface area contributed by atoms with Crippen LogP contribution >= 0.6 is 0 Å². The van der Waals surface area contributed by atoms with Crippen molar-refractivity contribution >= 4 is 5.78 Å². The molecule has 2 aliphatic rings. The molecule has 1 heterocycles. The Morgan fingerprint density at radius 1 is 1.13 bits per heavy atom. The van der Waals surface area contributed by atoms with Gasteiger partial charge in [0.1, 0.15) is 23.6 Å². The Kier molecular flexibility index (Phi) is 3.63. The fourth-order valence-corrected chi connectivity index (χ4v) is 3.54. The first-order valence-electron chi connectivity index (χ1n) is 7.77. The van der Waals surface area contributed by atoms with Crippen LogP contribution in [0.1, 0.15) is 38.9 Å². The number of rotatable bonds is 1. The van der Waals surface area contributed by atoms with Crippen molar-refractivity contribution in [2.45, 2.75) is 51.1 Å². The average molecular weight is 318 g/mol. The van der Waals surface area contributed by atoms with Crippen molar-refractivity contribution in [2.75, 3.05) is 0 Å². The van der Waals surface area contributed by atoms with Crippen molar-refractivity contribution in [2.24, 2.45) is 5.41 Å². The highest BCUT2D eigenvalue weighted by molar-refractivity contribution is 6.03. The highest BCUT2D eigenvalue weighted by Gasteiger charge is 2.58. The van der Waals surface area contributed by atoms with Crippen LogP contribution in [-0.2, 0) is 9.53 Å². The topological polar surface area (TPSA) is 87.0 Å². The van der Waals surface area contributed by atoms with Crippen molar-refractivity contribution in [3.8, 4) is 0 Å². The number of aliphatic hydroxyl groups excluding tert-OH is 2. The lowest BCUT2D eigenvalue weighted by Gasteiger charge is -2.48. The maximum absolute atomic E-state index is 12.7. The van der Waals surface area contributed by atoms with Crippen LogP contribution in [0.5, 0.6) is 0 Å². The molecule has 0 spiro atoms. The van der Waals surface area contributed by atoms with Crippen LogP contribution in [0.4, 0.5) is 0 Å². The maximum atomic E-state index is 12.7. The van der Waals surface area contributed by atoms with Gasteiger partial charge in [0, 0.05) is 6.42 Å². The van der Waals surface area contributed by atoms with Gasteiger partial charge in [0.25, 0.3) is 0 Å². The summed E-state index contributed by atoms with van der Waals surface area (Å²) in [5.41, 5.74) is -1.99. The molecule has 0 amide bonds. The molecule has 3 rings (SSSR count). The molecule has 0 saturated carbocycles. The SMILES string of the molecule is CC1(C)C(=O)C2=C(OC(c3ccccc3)CC2O)C(C)(O)C1O. The molecule has 124 valence electrons. The molecule has 0 fully saturated rings. The van der Waals surface area contributed by atoms with Crippen molar-refractivity contribution in [1.29, 1.82) is 0 Å². The molecule has 0 bridgehead atoms. The zero-order chi connectivity index (χ0) is 17.0. The number of carbonyl (C=O) groups excluding carboxylic acids is 1. The minimum Gasteiger partial charge on any atom is -0.486 e. The number of ketones is 1. The predicted molar refractivity (Wildman–Crippen MR) is 83.3 cm³/mol. The van der Waals surface area contributed by atoms with Gasteiger partial charge in [-0.1, -0.05) is 30.3 Å². The van der Waals surface area contributed by atoms with Gasteiger partial charge in [-0.15, -0.1) is 0 Å². The van der Waals surface area contributed by atoms with Crippen LogP contribution in [0, 0.1) is 5.41 Å². The van der Waals surface area contributed by atoms with Crippen molar-refractivity contribution < 1.29 is 24.9 Å². The van der Waals surface area contributed by atoms with Gasteiger partial charge in [0.2, 0.25) is 0 Å². The molecule has 1 aliphatic heterocycles. The minimum absolute atomic E-state index is 0.0121. The number of hydrogen-bond donors (Lipinski definition) is 3. The minimum atomic E-state index is -1.73. The van der Waals surface area contributed by atoms with Crippen LogP contribution in [-0.4, -0.2) is 38.9 Å². The highest BCUT2D eigenvalue weighted by Crippen LogP contribution is 2.48. The lowest BCUT2D eigenvalue weighted by molar-refractivity contribution is -0.165. The van der Waals surface area contributed by atoms with Gasteiger partial charge in [-0.2, -0.15) is 0 Å². The quantitative estimate of drug-likeness (QED) is 0.730. The molecule has 1 aromatic carbocycles. The summed E-state index contributed by atoms with van der Waals surface area (Å²) in [7, 11) is 0. The predicted octanol–water partition coefficient (Wildman–Crippen LogP) is 1.48. The summed E-state index contributed by atoms with van der Waals surface area (Å²) in [6.07, 6.45) is -2.59. The molecule has 4 atom stereocenters. The van der Waals surface area contributed by atoms with Gasteiger partial charge in [-0.3, -0.25) is 4.79 Å². The average Bonchev–Trinajstić information content (AvgIpc) is 2.52. The van der Waals surface area contributed by atoms with E-state index in [4.69, 9.17) is 4.74 Å². The molecule has 5 heteroatoms. The van der Waals surface area contributed by atoms with Crippen LogP contribution < -0.4 is 0 Å². The molecule has 5 nitrogen and oxygen atoms in total. The summed E-state index contributed by atoms with van der Waals surface area (Å²) in [6.45, 7) is 4.55. The second kappa shape index (κ2) is 5.16. The number of benzene rings is 1. The molecule has 3 N–H and O–H groups in total. The first-order chi connectivity index (χ1) is 10.7. The van der Waals surface area contributed by atoms with E-state index in [0.717, 1.165) is 5.56 Å². The van der Waals surface area contributed by atoms with Gasteiger partial charge in [-0.25, -0.2) is 0 Å². The van der Waals surface area contributed by atoms with E-state index in [2.05, 4.69) is 0 Å². The molecule has 0 saturated heterocycles. The van der Waals surface area contributed by atoms with Gasteiger partial charge in [0.15, 0.2) is 5.78 Å². The van der Waals surface area contributed by atoms with Gasteiger partial charge in [-0.05, 0) is 26.3 Å². The molecule has 4 unspecified atom stereocenters. The third-order valence-corrected chi connectivity index (χ3v) is 4.95. The Balaban J connectivity index is 2.08. The van der Waals surface area contributed by atoms with Crippen LogP contribution in [0.25, 0.3) is 0 Å². The van der Waals surface area contributed by atoms with Crippen LogP contribution in [0.2, 0.25) is 0 Å². The monoisotopic (exact) mass is 318 g/mol. The Labute approximate surface area is 135 Å². The summed E-state index contributed by atoms with van der Waals surface area (Å²) in [5.74, 6) is -0.396. The van der Waals surface area contributed by atoms with E-state index in [1.807, 2.05) is 30.3 Å². The summed E-state index contributed by atoms with van der Waals surface area (Å²) >= 11 is 0. The van der Waals surface area contributed by atoms with Crippen molar-refractivity contribution in [3.05, 3.63) is 47.2 Å². The molecule has 0 radical (unpaired) electrons. The standard InChI is InChI=1S/C18H22O5/c1-17(2)14(20)13-11(19)9-12(10-7-5-4-6-8-10)23-15(13)18(3,22)16(17)21/h4-8,11-12,16,19,21-22H,9H2,1-3H3. The Morgan fingerprint density at radius 2 is 1.74 bits per heavy atom. The largest absolute Gasteiger partial charge is 0.486 e. The van der Waals surface area contributed by atoms with E-state index in [1.165, 1.54) is 6.92 Å². The van der Waals surface area contributed by atoms with Crippen LogP contribution in [0.15, 0.2) is 41.7 Å². The van der Waals surface area contributed by atoms with E-state index in [1.54, 1.807) is 13.8 Å². The molecular weight excluding hydrogens is 296 g/mol. The molecule has 23 heavy (non-hydrogen) atoms. The Morgan fingerprint density at radius 3 is 2.35 bits per heavy atom. The summed E-state index contributed by atoms with van der Waals surface area (Å²) in [5, 5.41) is 31.7. The van der Waals surface area contributed by atoms with E-state index < -0.39 is 29.3 Å². The van der Waals surface area contributed by atoms with E-state index in [-0.39, 0.29) is 23.5 Å². The summed E-state index contributed by atoms with van der Waals surface area (Å²) in [4.78, 5) is 12.7. The number of Topliss-reactive ketones (excluding diaryl/α,β-unsaturated/α-hetero) is 1. The molecular formula is C18H22O5. The zero-order valence-electron chi connectivity index (χ0n) is 13.5. The second-order valence-corrected chi connectivity index (χ2v) is 7.11. The zero-order valence-corrected chi connectivity index (χ0v) is 13.5. The van der Waals surface area contributed by atoms with E-state index in [9.17, 15) is 20.1 Å². The summed E-state index contributed by atoms with van der Waals surface area (Å²) in [6, 6.07) is 9.32. The molecule has 1 aliphatic carbocycles. The van der Waals surface area contributed by atoms with Gasteiger partial charge in [0.05, 0.1) is 17.1 Å². The maximum Gasteiger partial charge on any atom is 0.173 e. The fraction of sp³-hybridized carbons (Fsp3) is 0.500. The van der Waals surface area contributed by atoms with Crippen molar-refractivity contribution in [3.63, 3.8) is 0 Å². The third kappa shape index (κ3) is 2.31. The lowest BCUT2D eigenvalue weighted by Crippen LogP contribution is -2.60. The highest BCUT2D eigenvalue weighted by atomic mass is 16.5. The number of ether oxygens (including phenoxy) is 1. The van der Waals surface area contributed by atoms with Crippen molar-refractivity contribution in [1.82, 2.24) is 0 Å². The normalized spacial score (nSPS) is 36.4.